The van der Waals surface area contributed by atoms with Crippen LogP contribution >= 0.6 is 0 Å². The van der Waals surface area contributed by atoms with Gasteiger partial charge in [-0.2, -0.15) is 0 Å². The summed E-state index contributed by atoms with van der Waals surface area (Å²) >= 11 is 0. The Kier molecular flexibility index (Phi) is 4.44. The highest BCUT2D eigenvalue weighted by Crippen LogP contribution is 2.33. The summed E-state index contributed by atoms with van der Waals surface area (Å²) in [6.07, 6.45) is 4.86. The molecule has 1 aromatic carbocycles. The topological polar surface area (TPSA) is 61.4 Å². The number of amides is 1. The normalized spacial score (nSPS) is 27.8. The molecule has 0 bridgehead atoms. The Balaban J connectivity index is 1.57. The van der Waals surface area contributed by atoms with Gasteiger partial charge < -0.3 is 15.7 Å². The van der Waals surface area contributed by atoms with Crippen molar-refractivity contribution in [2.75, 3.05) is 18.5 Å². The second kappa shape index (κ2) is 6.48. The van der Waals surface area contributed by atoms with Gasteiger partial charge in [0.2, 0.25) is 5.91 Å². The molecule has 2 aliphatic rings. The molecule has 3 unspecified atom stereocenters. The van der Waals surface area contributed by atoms with Gasteiger partial charge in [-0.1, -0.05) is 31.0 Å². The first kappa shape index (κ1) is 14.4. The summed E-state index contributed by atoms with van der Waals surface area (Å²) in [6, 6.07) is 8.36. The number of anilines is 1. The molecule has 0 spiro atoms. The van der Waals surface area contributed by atoms with Crippen molar-refractivity contribution in [3.8, 4) is 0 Å². The molecule has 3 rings (SSSR count). The fourth-order valence-corrected chi connectivity index (χ4v) is 3.64. The van der Waals surface area contributed by atoms with E-state index in [4.69, 9.17) is 0 Å². The van der Waals surface area contributed by atoms with E-state index in [0.29, 0.717) is 6.42 Å². The van der Waals surface area contributed by atoms with E-state index >= 15 is 0 Å². The molecule has 4 nitrogen and oxygen atoms in total. The third-order valence-electron chi connectivity index (χ3n) is 4.86. The van der Waals surface area contributed by atoms with Gasteiger partial charge in [-0.15, -0.1) is 0 Å². The van der Waals surface area contributed by atoms with Crippen molar-refractivity contribution in [3.63, 3.8) is 0 Å². The monoisotopic (exact) mass is 288 g/mol. The van der Waals surface area contributed by atoms with Gasteiger partial charge in [0.25, 0.3) is 0 Å². The molecule has 1 heterocycles. The number of rotatable bonds is 4. The largest absolute Gasteiger partial charge is 0.396 e. The van der Waals surface area contributed by atoms with Crippen molar-refractivity contribution in [2.24, 2.45) is 5.92 Å². The number of hydrogen-bond acceptors (Lipinski definition) is 3. The number of hydrogen-bond donors (Lipinski definition) is 3. The van der Waals surface area contributed by atoms with E-state index in [-0.39, 0.29) is 30.4 Å². The van der Waals surface area contributed by atoms with Crippen LogP contribution in [-0.2, 0) is 4.79 Å². The van der Waals surface area contributed by atoms with E-state index in [2.05, 4.69) is 22.8 Å². The first-order valence-electron chi connectivity index (χ1n) is 8.01. The Morgan fingerprint density at radius 2 is 2.10 bits per heavy atom. The van der Waals surface area contributed by atoms with Crippen LogP contribution in [0.15, 0.2) is 24.3 Å². The maximum atomic E-state index is 12.3. The number of benzene rings is 1. The molecule has 1 aliphatic heterocycles. The molecule has 1 aromatic rings. The highest BCUT2D eigenvalue weighted by Gasteiger charge is 2.28. The SMILES string of the molecule is O=C(CC1CNc2ccccc21)NC1CCCCC1CO. The molecule has 21 heavy (non-hydrogen) atoms. The number of para-hydroxylation sites is 1. The number of carbonyl (C=O) groups excluding carboxylic acids is 1. The number of carbonyl (C=O) groups is 1. The van der Waals surface area contributed by atoms with Crippen molar-refractivity contribution in [2.45, 2.75) is 44.1 Å². The van der Waals surface area contributed by atoms with Gasteiger partial charge in [0.15, 0.2) is 0 Å². The Bertz CT molecular complexity index is 503. The summed E-state index contributed by atoms with van der Waals surface area (Å²) in [5.41, 5.74) is 2.40. The standard InChI is InChI=1S/C17H24N2O2/c20-11-12-5-1-3-7-15(12)19-17(21)9-13-10-18-16-8-4-2-6-14(13)16/h2,4,6,8,12-13,15,18,20H,1,3,5,7,9-11H2,(H,19,21). The molecular formula is C17H24N2O2. The Morgan fingerprint density at radius 1 is 1.29 bits per heavy atom. The Hall–Kier alpha value is -1.55. The van der Waals surface area contributed by atoms with Gasteiger partial charge in [-0.05, 0) is 24.5 Å². The van der Waals surface area contributed by atoms with Crippen molar-refractivity contribution < 1.29 is 9.90 Å². The lowest BCUT2D eigenvalue weighted by molar-refractivity contribution is -0.122. The van der Waals surface area contributed by atoms with Crippen LogP contribution in [0.4, 0.5) is 5.69 Å². The highest BCUT2D eigenvalue weighted by atomic mass is 16.3. The minimum absolute atomic E-state index is 0.115. The maximum Gasteiger partial charge on any atom is 0.220 e. The minimum atomic E-state index is 0.115. The first-order valence-corrected chi connectivity index (χ1v) is 8.01. The van der Waals surface area contributed by atoms with Crippen LogP contribution in [0.5, 0.6) is 0 Å². The third kappa shape index (κ3) is 3.21. The van der Waals surface area contributed by atoms with Gasteiger partial charge >= 0.3 is 0 Å². The number of aliphatic hydroxyl groups is 1. The van der Waals surface area contributed by atoms with Gasteiger partial charge in [-0.25, -0.2) is 0 Å². The number of aliphatic hydroxyl groups excluding tert-OH is 1. The molecule has 3 N–H and O–H groups in total. The summed E-state index contributed by atoms with van der Waals surface area (Å²) in [4.78, 5) is 12.3. The average molecular weight is 288 g/mol. The Morgan fingerprint density at radius 3 is 2.95 bits per heavy atom. The minimum Gasteiger partial charge on any atom is -0.396 e. The molecule has 0 aromatic heterocycles. The highest BCUT2D eigenvalue weighted by molar-refractivity contribution is 5.78. The zero-order valence-corrected chi connectivity index (χ0v) is 12.3. The van der Waals surface area contributed by atoms with Gasteiger partial charge in [0, 0.05) is 43.1 Å². The molecule has 4 heteroatoms. The molecule has 3 atom stereocenters. The molecule has 1 amide bonds. The van der Waals surface area contributed by atoms with Crippen LogP contribution in [0.1, 0.15) is 43.6 Å². The quantitative estimate of drug-likeness (QED) is 0.796. The third-order valence-corrected chi connectivity index (χ3v) is 4.86. The zero-order valence-electron chi connectivity index (χ0n) is 12.3. The second-order valence-electron chi connectivity index (χ2n) is 6.27. The molecule has 1 aliphatic carbocycles. The van der Waals surface area contributed by atoms with E-state index in [1.54, 1.807) is 0 Å². The molecule has 1 saturated carbocycles. The van der Waals surface area contributed by atoms with Crippen molar-refractivity contribution in [1.29, 1.82) is 0 Å². The first-order chi connectivity index (χ1) is 10.3. The zero-order chi connectivity index (χ0) is 14.7. The lowest BCUT2D eigenvalue weighted by Crippen LogP contribution is -2.43. The van der Waals surface area contributed by atoms with E-state index in [0.717, 1.165) is 37.9 Å². The number of fused-ring (bicyclic) bond motifs is 1. The van der Waals surface area contributed by atoms with Crippen molar-refractivity contribution in [1.82, 2.24) is 5.32 Å². The van der Waals surface area contributed by atoms with Crippen molar-refractivity contribution >= 4 is 11.6 Å². The summed E-state index contributed by atoms with van der Waals surface area (Å²) in [6.45, 7) is 1.01. The van der Waals surface area contributed by atoms with E-state index < -0.39 is 0 Å². The van der Waals surface area contributed by atoms with E-state index in [9.17, 15) is 9.90 Å². The lowest BCUT2D eigenvalue weighted by atomic mass is 9.85. The van der Waals surface area contributed by atoms with Gasteiger partial charge in [0.05, 0.1) is 0 Å². The predicted molar refractivity (Wildman–Crippen MR) is 83.3 cm³/mol. The van der Waals surface area contributed by atoms with Gasteiger partial charge in [0.1, 0.15) is 0 Å². The van der Waals surface area contributed by atoms with Crippen molar-refractivity contribution in [3.05, 3.63) is 29.8 Å². The predicted octanol–water partition coefficient (Wildman–Crippen LogP) is 2.25. The summed E-state index contributed by atoms with van der Waals surface area (Å²) < 4.78 is 0. The van der Waals surface area contributed by atoms with Gasteiger partial charge in [-0.3, -0.25) is 4.79 Å². The van der Waals surface area contributed by atoms with Crippen LogP contribution < -0.4 is 10.6 Å². The summed E-state index contributed by atoms with van der Waals surface area (Å²) in [5.74, 6) is 0.609. The molecule has 1 fully saturated rings. The number of nitrogens with one attached hydrogen (secondary N) is 2. The maximum absolute atomic E-state index is 12.3. The summed E-state index contributed by atoms with van der Waals surface area (Å²) in [7, 11) is 0. The molecule has 0 radical (unpaired) electrons. The molecule has 0 saturated heterocycles. The molecular weight excluding hydrogens is 264 g/mol. The van der Waals surface area contributed by atoms with E-state index in [1.165, 1.54) is 5.56 Å². The summed E-state index contributed by atoms with van der Waals surface area (Å²) in [5, 5.41) is 15.9. The van der Waals surface area contributed by atoms with Crippen LogP contribution in [-0.4, -0.2) is 30.2 Å². The lowest BCUT2D eigenvalue weighted by Gasteiger charge is -2.31. The smallest absolute Gasteiger partial charge is 0.220 e. The Labute approximate surface area is 125 Å². The van der Waals surface area contributed by atoms with E-state index in [1.807, 2.05) is 12.1 Å². The molecule has 114 valence electrons. The fraction of sp³-hybridized carbons (Fsp3) is 0.588. The van der Waals surface area contributed by atoms with Crippen LogP contribution in [0.3, 0.4) is 0 Å². The fourth-order valence-electron chi connectivity index (χ4n) is 3.64. The average Bonchev–Trinajstić information content (AvgIpc) is 2.91. The second-order valence-corrected chi connectivity index (χ2v) is 6.27. The van der Waals surface area contributed by atoms with Crippen LogP contribution in [0, 0.1) is 5.92 Å². The van der Waals surface area contributed by atoms with Crippen LogP contribution in [0.25, 0.3) is 0 Å². The van der Waals surface area contributed by atoms with Crippen LogP contribution in [0.2, 0.25) is 0 Å².